The highest BCUT2D eigenvalue weighted by atomic mass is 16.7. The Morgan fingerprint density at radius 2 is 1.57 bits per heavy atom. The summed E-state index contributed by atoms with van der Waals surface area (Å²) in [6.45, 7) is 8.20. The van der Waals surface area contributed by atoms with Gasteiger partial charge in [-0.05, 0) is 45.3 Å². The molecule has 0 bridgehead atoms. The smallest absolute Gasteiger partial charge is 0.399 e. The molecule has 5 nitrogen and oxygen atoms in total. The quantitative estimate of drug-likeness (QED) is 0.879. The fourth-order valence-corrected chi connectivity index (χ4v) is 2.13. The van der Waals surface area contributed by atoms with E-state index in [-0.39, 0.29) is 18.3 Å². The third-order valence-electron chi connectivity index (χ3n) is 4.15. The van der Waals surface area contributed by atoms with Crippen molar-refractivity contribution >= 4 is 24.1 Å². The van der Waals surface area contributed by atoms with Crippen LogP contribution in [0.5, 0.6) is 0 Å². The molecular weight excluding hydrogens is 267 g/mol. The van der Waals surface area contributed by atoms with Gasteiger partial charge in [-0.2, -0.15) is 0 Å². The van der Waals surface area contributed by atoms with Crippen LogP contribution in [0.3, 0.4) is 0 Å². The molecule has 0 unspecified atom stereocenters. The lowest BCUT2D eigenvalue weighted by Gasteiger charge is -2.32. The number of nitrogens with zero attached hydrogens (tertiary/aromatic N) is 1. The molecule has 0 spiro atoms. The Bertz CT molecular complexity index is 592. The van der Waals surface area contributed by atoms with Gasteiger partial charge < -0.3 is 19.1 Å². The first-order valence-electron chi connectivity index (χ1n) is 7.00. The number of hydrogen-bond donors (Lipinski definition) is 1. The van der Waals surface area contributed by atoms with Crippen molar-refractivity contribution in [2.24, 2.45) is 0 Å². The number of rotatable bonds is 3. The summed E-state index contributed by atoms with van der Waals surface area (Å²) in [6.07, 6.45) is 1.53. The third-order valence-corrected chi connectivity index (χ3v) is 4.15. The monoisotopic (exact) mass is 286 g/mol. The highest BCUT2D eigenvalue weighted by Gasteiger charge is 2.51. The van der Waals surface area contributed by atoms with Crippen LogP contribution < -0.4 is 10.8 Å². The molecule has 1 fully saturated rings. The maximum atomic E-state index is 6.03. The molecule has 2 aromatic rings. The normalized spacial score (nSPS) is 19.7. The number of anilines is 2. The van der Waals surface area contributed by atoms with Gasteiger partial charge in [0.05, 0.1) is 11.2 Å². The van der Waals surface area contributed by atoms with Gasteiger partial charge >= 0.3 is 7.12 Å². The van der Waals surface area contributed by atoms with Crippen LogP contribution in [0.15, 0.2) is 41.1 Å². The fourth-order valence-electron chi connectivity index (χ4n) is 2.13. The Kier molecular flexibility index (Phi) is 3.30. The number of nitrogens with one attached hydrogen (secondary N) is 1. The molecule has 2 heterocycles. The zero-order chi connectivity index (χ0) is 15.1. The first-order chi connectivity index (χ1) is 9.87. The fraction of sp³-hybridized carbons (Fsp3) is 0.400. The predicted octanol–water partition coefficient (Wildman–Crippen LogP) is 2.72. The summed E-state index contributed by atoms with van der Waals surface area (Å²) in [5.41, 5.74) is 1.29. The summed E-state index contributed by atoms with van der Waals surface area (Å²) in [5.74, 6) is 0.679. The van der Waals surface area contributed by atoms with Gasteiger partial charge in [-0.25, -0.2) is 0 Å². The van der Waals surface area contributed by atoms with Crippen molar-refractivity contribution in [3.63, 3.8) is 0 Å². The van der Waals surface area contributed by atoms with Gasteiger partial charge in [0.25, 0.3) is 0 Å². The zero-order valence-corrected chi connectivity index (χ0v) is 12.7. The number of hydrogen-bond acceptors (Lipinski definition) is 5. The molecule has 1 aliphatic heterocycles. The van der Waals surface area contributed by atoms with Crippen molar-refractivity contribution in [1.82, 2.24) is 5.16 Å². The van der Waals surface area contributed by atoms with Crippen molar-refractivity contribution in [3.8, 4) is 0 Å². The molecule has 1 saturated heterocycles. The Balaban J connectivity index is 1.73. The van der Waals surface area contributed by atoms with Crippen molar-refractivity contribution in [2.45, 2.75) is 38.9 Å². The summed E-state index contributed by atoms with van der Waals surface area (Å²) >= 11 is 0. The molecular formula is C15H19BN2O3. The Labute approximate surface area is 124 Å². The van der Waals surface area contributed by atoms with Crippen LogP contribution in [0, 0.1) is 0 Å². The molecule has 21 heavy (non-hydrogen) atoms. The molecule has 0 radical (unpaired) electrons. The largest absolute Gasteiger partial charge is 0.494 e. The molecule has 1 N–H and O–H groups in total. The first-order valence-corrected chi connectivity index (χ1v) is 7.00. The number of benzene rings is 1. The Morgan fingerprint density at radius 1 is 0.952 bits per heavy atom. The molecule has 0 atom stereocenters. The standard InChI is InChI=1S/C15H19BN2O3/c1-14(2)15(3,4)21-16(20-14)11-5-7-12(8-6-11)17-13-9-10-19-18-13/h5-10H,1-4H3,(H,17,18). The Hall–Kier alpha value is -1.79. The first kappa shape index (κ1) is 14.2. The van der Waals surface area contributed by atoms with Gasteiger partial charge in [0.15, 0.2) is 5.82 Å². The molecule has 110 valence electrons. The molecule has 3 rings (SSSR count). The summed E-state index contributed by atoms with van der Waals surface area (Å²) in [4.78, 5) is 0. The van der Waals surface area contributed by atoms with Gasteiger partial charge in [-0.15, -0.1) is 0 Å². The van der Waals surface area contributed by atoms with Gasteiger partial charge in [0.2, 0.25) is 0 Å². The lowest BCUT2D eigenvalue weighted by molar-refractivity contribution is 0.00578. The van der Waals surface area contributed by atoms with E-state index >= 15 is 0 Å². The molecule has 0 aliphatic carbocycles. The summed E-state index contributed by atoms with van der Waals surface area (Å²) in [6, 6.07) is 9.68. The number of aromatic nitrogens is 1. The molecule has 1 aliphatic rings. The van der Waals surface area contributed by atoms with Crippen molar-refractivity contribution in [2.75, 3.05) is 5.32 Å². The maximum absolute atomic E-state index is 6.03. The average molecular weight is 286 g/mol. The van der Waals surface area contributed by atoms with Crippen molar-refractivity contribution in [3.05, 3.63) is 36.6 Å². The SMILES string of the molecule is CC1(C)OB(c2ccc(Nc3ccon3)cc2)OC1(C)C. The van der Waals surface area contributed by atoms with Crippen molar-refractivity contribution < 1.29 is 13.8 Å². The van der Waals surface area contributed by atoms with Gasteiger partial charge in [-0.1, -0.05) is 17.3 Å². The van der Waals surface area contributed by atoms with E-state index in [1.807, 2.05) is 52.0 Å². The summed E-state index contributed by atoms with van der Waals surface area (Å²) in [5, 5.41) is 6.96. The molecule has 0 amide bonds. The third kappa shape index (κ3) is 2.69. The van der Waals surface area contributed by atoms with E-state index < -0.39 is 0 Å². The second-order valence-electron chi connectivity index (χ2n) is 6.22. The van der Waals surface area contributed by atoms with Crippen LogP contribution in [0.25, 0.3) is 0 Å². The van der Waals surface area contributed by atoms with Crippen molar-refractivity contribution in [1.29, 1.82) is 0 Å². The maximum Gasteiger partial charge on any atom is 0.494 e. The van der Waals surface area contributed by atoms with E-state index in [9.17, 15) is 0 Å². The van der Waals surface area contributed by atoms with Gasteiger partial charge in [0, 0.05) is 11.8 Å². The molecule has 6 heteroatoms. The van der Waals surface area contributed by atoms with Gasteiger partial charge in [-0.3, -0.25) is 0 Å². The summed E-state index contributed by atoms with van der Waals surface area (Å²) < 4.78 is 16.8. The highest BCUT2D eigenvalue weighted by Crippen LogP contribution is 2.36. The lowest BCUT2D eigenvalue weighted by Crippen LogP contribution is -2.41. The van der Waals surface area contributed by atoms with E-state index in [2.05, 4.69) is 10.5 Å². The minimum Gasteiger partial charge on any atom is -0.399 e. The zero-order valence-electron chi connectivity index (χ0n) is 12.7. The Morgan fingerprint density at radius 3 is 2.10 bits per heavy atom. The second-order valence-corrected chi connectivity index (χ2v) is 6.22. The second kappa shape index (κ2) is 4.89. The van der Waals surface area contributed by atoms with Crippen LogP contribution >= 0.6 is 0 Å². The lowest BCUT2D eigenvalue weighted by atomic mass is 9.79. The van der Waals surface area contributed by atoms with E-state index in [1.54, 1.807) is 6.07 Å². The topological polar surface area (TPSA) is 56.5 Å². The summed E-state index contributed by atoms with van der Waals surface area (Å²) in [7, 11) is -0.337. The average Bonchev–Trinajstić information content (AvgIpc) is 2.97. The minimum absolute atomic E-state index is 0.324. The van der Waals surface area contributed by atoms with E-state index in [0.717, 1.165) is 11.2 Å². The van der Waals surface area contributed by atoms with Crippen LogP contribution in [0.4, 0.5) is 11.5 Å². The predicted molar refractivity (Wildman–Crippen MR) is 81.9 cm³/mol. The van der Waals surface area contributed by atoms with E-state index in [4.69, 9.17) is 13.8 Å². The molecule has 1 aromatic carbocycles. The minimum atomic E-state index is -0.337. The van der Waals surface area contributed by atoms with E-state index in [1.165, 1.54) is 6.26 Å². The van der Waals surface area contributed by atoms with Gasteiger partial charge in [0.1, 0.15) is 6.26 Å². The molecule has 0 saturated carbocycles. The van der Waals surface area contributed by atoms with Crippen LogP contribution in [-0.2, 0) is 9.31 Å². The van der Waals surface area contributed by atoms with Crippen LogP contribution in [-0.4, -0.2) is 23.5 Å². The van der Waals surface area contributed by atoms with E-state index in [0.29, 0.717) is 5.82 Å². The molecule has 1 aromatic heterocycles. The van der Waals surface area contributed by atoms with Crippen LogP contribution in [0.1, 0.15) is 27.7 Å². The van der Waals surface area contributed by atoms with Crippen LogP contribution in [0.2, 0.25) is 0 Å². The highest BCUT2D eigenvalue weighted by molar-refractivity contribution is 6.62.